The fourth-order valence-electron chi connectivity index (χ4n) is 1.04. The molecule has 0 aliphatic rings. The van der Waals surface area contributed by atoms with Crippen molar-refractivity contribution in [2.45, 2.75) is 16.8 Å². The summed E-state index contributed by atoms with van der Waals surface area (Å²) in [5.41, 5.74) is -0.405. The summed E-state index contributed by atoms with van der Waals surface area (Å²) in [6.07, 6.45) is 0. The van der Waals surface area contributed by atoms with Crippen molar-refractivity contribution in [2.75, 3.05) is 0 Å². The van der Waals surface area contributed by atoms with Crippen molar-refractivity contribution in [3.8, 4) is 0 Å². The molecule has 0 aliphatic carbocycles. The van der Waals surface area contributed by atoms with Gasteiger partial charge in [-0.15, -0.1) is 0 Å². The van der Waals surface area contributed by atoms with E-state index in [0.29, 0.717) is 0 Å². The number of hydrogen-bond donors (Lipinski definition) is 0. The highest BCUT2D eigenvalue weighted by atomic mass is 32.2. The monoisotopic (exact) mass is 273 g/mol. The van der Waals surface area contributed by atoms with Gasteiger partial charge in [0.25, 0.3) is 5.69 Å². The first-order chi connectivity index (χ1) is 8.29. The topological polar surface area (TPSA) is 129 Å². The molecule has 0 spiro atoms. The second kappa shape index (κ2) is 4.96. The Morgan fingerprint density at radius 3 is 2.00 bits per heavy atom. The van der Waals surface area contributed by atoms with Crippen molar-refractivity contribution in [3.63, 3.8) is 0 Å². The predicted molar refractivity (Wildman–Crippen MR) is 61.3 cm³/mol. The predicted octanol–water partition coefficient (Wildman–Crippen LogP) is 1.91. The third-order valence-electron chi connectivity index (χ3n) is 2.04. The van der Waals surface area contributed by atoms with Crippen molar-refractivity contribution in [2.24, 2.45) is 0 Å². The second-order valence-corrected chi connectivity index (χ2v) is 4.69. The summed E-state index contributed by atoms with van der Waals surface area (Å²) in [5.74, 6) is 0. The van der Waals surface area contributed by atoms with Gasteiger partial charge in [0.2, 0.25) is 0 Å². The molecule has 1 aromatic carbocycles. The number of nitrogens with zero attached hydrogens (tertiary/aromatic N) is 3. The van der Waals surface area contributed by atoms with Crippen LogP contribution in [0, 0.1) is 30.3 Å². The average Bonchev–Trinajstić information content (AvgIpc) is 2.28. The van der Waals surface area contributed by atoms with Crippen LogP contribution in [-0.2, 0) is 0 Å². The lowest BCUT2D eigenvalue weighted by Gasteiger charge is -2.11. The van der Waals surface area contributed by atoms with E-state index in [0.717, 1.165) is 13.0 Å². The molecule has 0 aromatic heterocycles. The smallest absolute Gasteiger partial charge is 0.258 e. The quantitative estimate of drug-likeness (QED) is 0.346. The van der Waals surface area contributed by atoms with Gasteiger partial charge in [-0.3, -0.25) is 30.3 Å². The molecule has 0 saturated carbocycles. The zero-order valence-electron chi connectivity index (χ0n) is 9.01. The minimum absolute atomic E-state index is 0.126. The van der Waals surface area contributed by atoms with Crippen LogP contribution in [0.2, 0.25) is 0 Å². The van der Waals surface area contributed by atoms with Gasteiger partial charge in [0, 0.05) is 17.8 Å². The Kier molecular flexibility index (Phi) is 3.81. The molecule has 0 N–H and O–H groups in total. The molecule has 96 valence electrons. The number of hydrogen-bond acceptors (Lipinski definition) is 7. The highest BCUT2D eigenvalue weighted by molar-refractivity contribution is 8.00. The molecular formula is C8H7N3O6S. The number of rotatable bonds is 5. The largest absolute Gasteiger partial charge is 0.507 e. The Morgan fingerprint density at radius 1 is 1.06 bits per heavy atom. The number of thioether (sulfide) groups is 1. The zero-order chi connectivity index (χ0) is 13.9. The molecular weight excluding hydrogens is 266 g/mol. The van der Waals surface area contributed by atoms with Gasteiger partial charge in [-0.25, -0.2) is 0 Å². The van der Waals surface area contributed by atoms with E-state index in [1.54, 1.807) is 0 Å². The molecule has 0 saturated heterocycles. The summed E-state index contributed by atoms with van der Waals surface area (Å²) >= 11 is 0.222. The van der Waals surface area contributed by atoms with Crippen LogP contribution in [0.4, 0.5) is 5.69 Å². The maximum Gasteiger partial charge on any atom is 0.507 e. The van der Waals surface area contributed by atoms with Gasteiger partial charge >= 0.3 is 4.99 Å². The lowest BCUT2D eigenvalue weighted by atomic mass is 10.3. The van der Waals surface area contributed by atoms with E-state index in [4.69, 9.17) is 0 Å². The average molecular weight is 273 g/mol. The van der Waals surface area contributed by atoms with Crippen molar-refractivity contribution >= 4 is 17.4 Å². The molecule has 0 heterocycles. The van der Waals surface area contributed by atoms with Crippen LogP contribution in [0.1, 0.15) is 6.92 Å². The van der Waals surface area contributed by atoms with Crippen molar-refractivity contribution in [1.82, 2.24) is 0 Å². The maximum atomic E-state index is 10.7. The molecule has 0 fully saturated rings. The van der Waals surface area contributed by atoms with E-state index in [9.17, 15) is 30.3 Å². The van der Waals surface area contributed by atoms with Gasteiger partial charge < -0.3 is 0 Å². The summed E-state index contributed by atoms with van der Waals surface area (Å²) in [7, 11) is 0. The summed E-state index contributed by atoms with van der Waals surface area (Å²) in [4.78, 5) is 26.5. The first kappa shape index (κ1) is 13.8. The van der Waals surface area contributed by atoms with E-state index in [1.165, 1.54) is 18.2 Å². The van der Waals surface area contributed by atoms with E-state index in [1.807, 2.05) is 0 Å². The normalized spacial score (nSPS) is 10.9. The van der Waals surface area contributed by atoms with Crippen LogP contribution in [0.3, 0.4) is 0 Å². The molecule has 0 bridgehead atoms. The molecule has 0 radical (unpaired) electrons. The summed E-state index contributed by atoms with van der Waals surface area (Å²) in [6, 6.07) is 5.14. The fourth-order valence-corrected chi connectivity index (χ4v) is 2.00. The van der Waals surface area contributed by atoms with Crippen LogP contribution >= 0.6 is 11.8 Å². The Balaban J connectivity index is 3.21. The molecule has 10 heteroatoms. The minimum atomic E-state index is -2.56. The Labute approximate surface area is 104 Å². The van der Waals surface area contributed by atoms with Gasteiger partial charge in [0.1, 0.15) is 9.85 Å². The highest BCUT2D eigenvalue weighted by Gasteiger charge is 2.53. The molecule has 18 heavy (non-hydrogen) atoms. The summed E-state index contributed by atoms with van der Waals surface area (Å²) < 4.78 is 0. The number of para-hydroxylation sites is 1. The van der Waals surface area contributed by atoms with E-state index in [2.05, 4.69) is 0 Å². The van der Waals surface area contributed by atoms with Gasteiger partial charge in [-0.1, -0.05) is 12.1 Å². The zero-order valence-corrected chi connectivity index (χ0v) is 9.83. The number of benzene rings is 1. The van der Waals surface area contributed by atoms with Crippen LogP contribution < -0.4 is 0 Å². The molecule has 0 atom stereocenters. The van der Waals surface area contributed by atoms with E-state index >= 15 is 0 Å². The van der Waals surface area contributed by atoms with Gasteiger partial charge in [0.05, 0.1) is 16.7 Å². The Morgan fingerprint density at radius 2 is 1.56 bits per heavy atom. The van der Waals surface area contributed by atoms with Gasteiger partial charge in [0.15, 0.2) is 0 Å². The SMILES string of the molecule is CC(Sc1ccccc1[N+](=O)[O-])([N+](=O)[O-])[N+](=O)[O-]. The van der Waals surface area contributed by atoms with Crippen LogP contribution in [0.5, 0.6) is 0 Å². The lowest BCUT2D eigenvalue weighted by molar-refractivity contribution is -0.757. The Hall–Kier alpha value is -2.23. The summed E-state index contributed by atoms with van der Waals surface area (Å²) in [6.45, 7) is 0.786. The third-order valence-corrected chi connectivity index (χ3v) is 3.29. The van der Waals surface area contributed by atoms with Crippen LogP contribution in [0.15, 0.2) is 29.2 Å². The first-order valence-electron chi connectivity index (χ1n) is 4.50. The highest BCUT2D eigenvalue weighted by Crippen LogP contribution is 2.38. The molecule has 9 nitrogen and oxygen atoms in total. The van der Waals surface area contributed by atoms with Crippen molar-refractivity contribution in [3.05, 3.63) is 54.6 Å². The Bertz CT molecular complexity index is 505. The van der Waals surface area contributed by atoms with Crippen LogP contribution in [0.25, 0.3) is 0 Å². The van der Waals surface area contributed by atoms with Crippen molar-refractivity contribution < 1.29 is 14.8 Å². The van der Waals surface area contributed by atoms with Gasteiger partial charge in [-0.05, 0) is 6.07 Å². The molecule has 0 aliphatic heterocycles. The molecule has 0 amide bonds. The first-order valence-corrected chi connectivity index (χ1v) is 5.32. The van der Waals surface area contributed by atoms with E-state index < -0.39 is 25.5 Å². The number of nitro groups is 3. The molecule has 1 rings (SSSR count). The number of nitro benzene ring substituents is 1. The van der Waals surface area contributed by atoms with Crippen molar-refractivity contribution in [1.29, 1.82) is 0 Å². The third kappa shape index (κ3) is 2.53. The lowest BCUT2D eigenvalue weighted by Crippen LogP contribution is -2.39. The standard InChI is InChI=1S/C8H7N3O6S/c1-8(10(14)15,11(16)17)18-7-5-3-2-4-6(7)9(12)13/h2-5H,1H3. The molecule has 1 aromatic rings. The fraction of sp³-hybridized carbons (Fsp3) is 0.250. The van der Waals surface area contributed by atoms with E-state index in [-0.39, 0.29) is 16.7 Å². The van der Waals surface area contributed by atoms with Crippen LogP contribution in [-0.4, -0.2) is 19.8 Å². The molecule has 0 unspecified atom stereocenters. The maximum absolute atomic E-state index is 10.7. The second-order valence-electron chi connectivity index (χ2n) is 3.28. The van der Waals surface area contributed by atoms with Gasteiger partial charge in [-0.2, -0.15) is 0 Å². The minimum Gasteiger partial charge on any atom is -0.258 e. The summed E-state index contributed by atoms with van der Waals surface area (Å²) in [5, 5.41) is 32.1.